The van der Waals surface area contributed by atoms with Crippen molar-refractivity contribution in [3.05, 3.63) is 57.8 Å². The highest BCUT2D eigenvalue weighted by molar-refractivity contribution is 5.96. The molecule has 7 nitrogen and oxygen atoms in total. The van der Waals surface area contributed by atoms with Crippen molar-refractivity contribution < 1.29 is 4.79 Å². The third-order valence-electron chi connectivity index (χ3n) is 4.05. The molecule has 136 valence electrons. The average Bonchev–Trinajstić information content (AvgIpc) is 2.95. The molecule has 0 aliphatic carbocycles. The Balaban J connectivity index is 2.03. The Hall–Kier alpha value is -2.96. The molecule has 7 heteroatoms. The molecular weight excluding hydrogens is 330 g/mol. The second-order valence-electron chi connectivity index (χ2n) is 7.52. The van der Waals surface area contributed by atoms with Crippen molar-refractivity contribution in [3.8, 4) is 0 Å². The summed E-state index contributed by atoms with van der Waals surface area (Å²) in [6.45, 7) is 9.61. The fourth-order valence-corrected chi connectivity index (χ4v) is 2.67. The second kappa shape index (κ2) is 6.40. The van der Waals surface area contributed by atoms with Crippen LogP contribution in [-0.2, 0) is 11.3 Å². The SMILES string of the molecule is Cc1ccc(N(Cc2nc3nc(C)cc(=O)n3[nH]2)C(=O)C(C)(C)C)cc1. The Morgan fingerprint density at radius 3 is 2.42 bits per heavy atom. The maximum Gasteiger partial charge on any atom is 0.274 e. The molecule has 1 aromatic carbocycles. The summed E-state index contributed by atoms with van der Waals surface area (Å²) >= 11 is 0. The van der Waals surface area contributed by atoms with Gasteiger partial charge in [0.2, 0.25) is 5.91 Å². The number of hydrogen-bond acceptors (Lipinski definition) is 4. The lowest BCUT2D eigenvalue weighted by Gasteiger charge is -2.29. The van der Waals surface area contributed by atoms with Gasteiger partial charge in [0.25, 0.3) is 11.3 Å². The van der Waals surface area contributed by atoms with Gasteiger partial charge < -0.3 is 4.90 Å². The van der Waals surface area contributed by atoms with Crippen LogP contribution in [0.1, 0.15) is 37.9 Å². The van der Waals surface area contributed by atoms with E-state index in [1.54, 1.807) is 11.8 Å². The van der Waals surface area contributed by atoms with E-state index >= 15 is 0 Å². The van der Waals surface area contributed by atoms with E-state index < -0.39 is 5.41 Å². The Labute approximate surface area is 151 Å². The normalized spacial score (nSPS) is 11.7. The van der Waals surface area contributed by atoms with Gasteiger partial charge in [-0.3, -0.25) is 14.7 Å². The van der Waals surface area contributed by atoms with E-state index in [0.717, 1.165) is 11.3 Å². The number of rotatable bonds is 3. The number of amides is 1. The summed E-state index contributed by atoms with van der Waals surface area (Å²) < 4.78 is 1.29. The van der Waals surface area contributed by atoms with Crippen LogP contribution in [0.3, 0.4) is 0 Å². The fraction of sp³-hybridized carbons (Fsp3) is 0.368. The van der Waals surface area contributed by atoms with Crippen molar-refractivity contribution >= 4 is 17.4 Å². The first-order chi connectivity index (χ1) is 12.1. The van der Waals surface area contributed by atoms with Gasteiger partial charge in [0.15, 0.2) is 0 Å². The van der Waals surface area contributed by atoms with Crippen molar-refractivity contribution in [2.24, 2.45) is 5.41 Å². The zero-order valence-electron chi connectivity index (χ0n) is 15.7. The number of hydrogen-bond donors (Lipinski definition) is 1. The van der Waals surface area contributed by atoms with E-state index in [0.29, 0.717) is 17.3 Å². The lowest BCUT2D eigenvalue weighted by Crippen LogP contribution is -2.39. The van der Waals surface area contributed by atoms with E-state index in [4.69, 9.17) is 0 Å². The predicted molar refractivity (Wildman–Crippen MR) is 100 cm³/mol. The Morgan fingerprint density at radius 2 is 1.81 bits per heavy atom. The van der Waals surface area contributed by atoms with Crippen LogP contribution in [0.15, 0.2) is 35.1 Å². The van der Waals surface area contributed by atoms with Crippen LogP contribution < -0.4 is 10.5 Å². The highest BCUT2D eigenvalue weighted by atomic mass is 16.2. The summed E-state index contributed by atoms with van der Waals surface area (Å²) in [6.07, 6.45) is 0. The third kappa shape index (κ3) is 3.51. The minimum atomic E-state index is -0.553. The summed E-state index contributed by atoms with van der Waals surface area (Å²) in [5.41, 5.74) is 1.73. The van der Waals surface area contributed by atoms with Crippen molar-refractivity contribution in [1.82, 2.24) is 19.6 Å². The Kier molecular flexibility index (Phi) is 4.39. The lowest BCUT2D eigenvalue weighted by molar-refractivity contribution is -0.125. The van der Waals surface area contributed by atoms with Gasteiger partial charge >= 0.3 is 0 Å². The molecule has 0 fully saturated rings. The molecule has 26 heavy (non-hydrogen) atoms. The number of fused-ring (bicyclic) bond motifs is 1. The highest BCUT2D eigenvalue weighted by Gasteiger charge is 2.29. The zero-order chi connectivity index (χ0) is 19.1. The average molecular weight is 353 g/mol. The number of H-pyrrole nitrogens is 1. The number of aryl methyl sites for hydroxylation is 2. The molecule has 0 spiro atoms. The summed E-state index contributed by atoms with van der Waals surface area (Å²) in [5.74, 6) is 0.772. The number of nitrogens with one attached hydrogen (secondary N) is 1. The number of aromatic amines is 1. The summed E-state index contributed by atoms with van der Waals surface area (Å²) in [7, 11) is 0. The van der Waals surface area contributed by atoms with Gasteiger partial charge in [-0.25, -0.2) is 4.98 Å². The highest BCUT2D eigenvalue weighted by Crippen LogP contribution is 2.25. The van der Waals surface area contributed by atoms with Crippen LogP contribution in [0.2, 0.25) is 0 Å². The first-order valence-corrected chi connectivity index (χ1v) is 8.49. The molecule has 3 rings (SSSR count). The minimum Gasteiger partial charge on any atom is -0.304 e. The second-order valence-corrected chi connectivity index (χ2v) is 7.52. The van der Waals surface area contributed by atoms with Gasteiger partial charge in [0, 0.05) is 22.9 Å². The van der Waals surface area contributed by atoms with Gasteiger partial charge in [0.1, 0.15) is 5.82 Å². The number of carbonyl (C=O) groups excluding carboxylic acids is 1. The topological polar surface area (TPSA) is 83.4 Å². The molecule has 1 amide bonds. The molecule has 1 N–H and O–H groups in total. The molecule has 2 heterocycles. The number of nitrogens with zero attached hydrogens (tertiary/aromatic N) is 4. The van der Waals surface area contributed by atoms with E-state index in [2.05, 4.69) is 15.1 Å². The quantitative estimate of drug-likeness (QED) is 0.784. The van der Waals surface area contributed by atoms with Crippen molar-refractivity contribution in [3.63, 3.8) is 0 Å². The first kappa shape index (κ1) is 17.8. The number of benzene rings is 1. The van der Waals surface area contributed by atoms with Crippen molar-refractivity contribution in [1.29, 1.82) is 0 Å². The molecule has 0 saturated carbocycles. The zero-order valence-corrected chi connectivity index (χ0v) is 15.7. The predicted octanol–water partition coefficient (Wildman–Crippen LogP) is 2.61. The maximum absolute atomic E-state index is 13.0. The lowest BCUT2D eigenvalue weighted by atomic mass is 9.94. The molecule has 3 aromatic rings. The molecule has 0 bridgehead atoms. The van der Waals surface area contributed by atoms with E-state index in [9.17, 15) is 9.59 Å². The first-order valence-electron chi connectivity index (χ1n) is 8.49. The van der Waals surface area contributed by atoms with Crippen LogP contribution in [0, 0.1) is 19.3 Å². The Bertz CT molecular complexity index is 1010. The van der Waals surface area contributed by atoms with Gasteiger partial charge in [-0.1, -0.05) is 38.5 Å². The number of carbonyl (C=O) groups is 1. The molecule has 0 radical (unpaired) electrons. The smallest absolute Gasteiger partial charge is 0.274 e. The molecule has 2 aromatic heterocycles. The van der Waals surface area contributed by atoms with Crippen molar-refractivity contribution in [2.75, 3.05) is 4.90 Å². The van der Waals surface area contributed by atoms with E-state index in [1.165, 1.54) is 10.6 Å². The summed E-state index contributed by atoms with van der Waals surface area (Å²) in [4.78, 5) is 35.4. The van der Waals surface area contributed by atoms with Crippen LogP contribution in [0.4, 0.5) is 5.69 Å². The number of aromatic nitrogens is 4. The maximum atomic E-state index is 13.0. The molecule has 0 aliphatic rings. The van der Waals surface area contributed by atoms with Crippen LogP contribution in [-0.4, -0.2) is 25.5 Å². The van der Waals surface area contributed by atoms with Crippen LogP contribution >= 0.6 is 0 Å². The standard InChI is InChI=1S/C19H23N5O2/c1-12-6-8-14(9-7-12)23(17(26)19(3,4)5)11-15-21-18-20-13(2)10-16(25)24(18)22-15/h6-10H,11H2,1-5H3,(H,20,21,22). The molecule has 0 saturated heterocycles. The molecular formula is C19H23N5O2. The number of anilines is 1. The minimum absolute atomic E-state index is 0.0294. The third-order valence-corrected chi connectivity index (χ3v) is 4.05. The summed E-state index contributed by atoms with van der Waals surface area (Å²) in [6, 6.07) is 9.19. The summed E-state index contributed by atoms with van der Waals surface area (Å²) in [5, 5.41) is 2.95. The fourth-order valence-electron chi connectivity index (χ4n) is 2.67. The van der Waals surface area contributed by atoms with E-state index in [1.807, 2.05) is 52.0 Å². The molecule has 0 atom stereocenters. The van der Waals surface area contributed by atoms with Gasteiger partial charge in [-0.2, -0.15) is 9.50 Å². The Morgan fingerprint density at radius 1 is 1.15 bits per heavy atom. The van der Waals surface area contributed by atoms with Crippen molar-refractivity contribution in [2.45, 2.75) is 41.2 Å². The van der Waals surface area contributed by atoms with Gasteiger partial charge in [-0.15, -0.1) is 0 Å². The largest absolute Gasteiger partial charge is 0.304 e. The van der Waals surface area contributed by atoms with E-state index in [-0.39, 0.29) is 18.0 Å². The van der Waals surface area contributed by atoms with Crippen LogP contribution in [0.25, 0.3) is 5.78 Å². The monoisotopic (exact) mass is 353 g/mol. The molecule has 0 unspecified atom stereocenters. The van der Waals surface area contributed by atoms with Gasteiger partial charge in [-0.05, 0) is 26.0 Å². The van der Waals surface area contributed by atoms with Crippen LogP contribution in [0.5, 0.6) is 0 Å². The van der Waals surface area contributed by atoms with Gasteiger partial charge in [0.05, 0.1) is 6.54 Å². The molecule has 0 aliphatic heterocycles.